The Balaban J connectivity index is 1.88. The van der Waals surface area contributed by atoms with E-state index in [1.54, 1.807) is 17.0 Å². The number of nitrogens with zero attached hydrogens (tertiary/aromatic N) is 1. The Morgan fingerprint density at radius 2 is 1.77 bits per heavy atom. The minimum atomic E-state index is -0.410. The standard InChI is InChI=1S/C23H22BrNO5/c1-29-19-9-13(10-20(30-2)23(19)28)16-12-21(27)25(15-6-3-5-14(24)11-15)17-7-4-8-18(26)22(16)17/h3,5-6,9-11,16,28H,4,7-8,12H2,1-2H3. The molecule has 6 nitrogen and oxygen atoms in total. The topological polar surface area (TPSA) is 76.1 Å². The molecule has 1 heterocycles. The van der Waals surface area contributed by atoms with Crippen LogP contribution in [0.2, 0.25) is 0 Å². The third-order valence-electron chi connectivity index (χ3n) is 5.65. The minimum absolute atomic E-state index is 0.0553. The number of allylic oxidation sites excluding steroid dienone is 2. The molecule has 4 rings (SSSR count). The van der Waals surface area contributed by atoms with Crippen molar-refractivity contribution >= 4 is 33.3 Å². The lowest BCUT2D eigenvalue weighted by molar-refractivity contribution is -0.119. The molecule has 0 saturated heterocycles. The molecule has 7 heteroatoms. The van der Waals surface area contributed by atoms with Gasteiger partial charge in [-0.05, 0) is 48.7 Å². The molecule has 2 aliphatic rings. The summed E-state index contributed by atoms with van der Waals surface area (Å²) in [4.78, 5) is 28.0. The van der Waals surface area contributed by atoms with E-state index in [-0.39, 0.29) is 35.4 Å². The molecule has 0 saturated carbocycles. The van der Waals surface area contributed by atoms with Crippen LogP contribution in [0.25, 0.3) is 0 Å². The van der Waals surface area contributed by atoms with Crippen LogP contribution in [0, 0.1) is 0 Å². The number of hydrogen-bond acceptors (Lipinski definition) is 5. The van der Waals surface area contributed by atoms with E-state index >= 15 is 0 Å². The van der Waals surface area contributed by atoms with E-state index in [4.69, 9.17) is 9.47 Å². The fourth-order valence-corrected chi connectivity index (χ4v) is 4.69. The highest BCUT2D eigenvalue weighted by Gasteiger charge is 2.40. The van der Waals surface area contributed by atoms with E-state index in [1.165, 1.54) is 14.2 Å². The van der Waals surface area contributed by atoms with Gasteiger partial charge in [0, 0.05) is 40.2 Å². The first-order valence-electron chi connectivity index (χ1n) is 9.74. The summed E-state index contributed by atoms with van der Waals surface area (Å²) in [5.41, 5.74) is 2.88. The molecular weight excluding hydrogens is 450 g/mol. The second kappa shape index (κ2) is 8.14. The zero-order valence-corrected chi connectivity index (χ0v) is 18.4. The molecule has 0 fully saturated rings. The van der Waals surface area contributed by atoms with Crippen molar-refractivity contribution < 1.29 is 24.2 Å². The highest BCUT2D eigenvalue weighted by Crippen LogP contribution is 2.47. The molecule has 156 valence electrons. The number of methoxy groups -OCH3 is 2. The third kappa shape index (κ3) is 3.47. The van der Waals surface area contributed by atoms with Crippen molar-refractivity contribution in [2.75, 3.05) is 19.1 Å². The van der Waals surface area contributed by atoms with Crippen molar-refractivity contribution in [3.8, 4) is 17.2 Å². The van der Waals surface area contributed by atoms with Crippen molar-refractivity contribution in [3.63, 3.8) is 0 Å². The number of amides is 1. The lowest BCUT2D eigenvalue weighted by Crippen LogP contribution is -2.40. The lowest BCUT2D eigenvalue weighted by Gasteiger charge is -2.38. The van der Waals surface area contributed by atoms with Crippen LogP contribution in [-0.4, -0.2) is 31.0 Å². The number of phenolic OH excluding ortho intramolecular Hbond substituents is 1. The maximum Gasteiger partial charge on any atom is 0.232 e. The summed E-state index contributed by atoms with van der Waals surface area (Å²) in [5.74, 6) is -0.0384. The van der Waals surface area contributed by atoms with Crippen LogP contribution in [0.4, 0.5) is 5.69 Å². The first-order chi connectivity index (χ1) is 14.4. The fourth-order valence-electron chi connectivity index (χ4n) is 4.31. The van der Waals surface area contributed by atoms with Gasteiger partial charge in [0.15, 0.2) is 17.3 Å². The molecule has 1 aliphatic carbocycles. The molecule has 0 bridgehead atoms. The lowest BCUT2D eigenvalue weighted by atomic mass is 9.77. The molecule has 1 atom stereocenters. The van der Waals surface area contributed by atoms with E-state index in [2.05, 4.69) is 15.9 Å². The van der Waals surface area contributed by atoms with Gasteiger partial charge in [-0.2, -0.15) is 0 Å². The number of carbonyl (C=O) groups is 2. The smallest absolute Gasteiger partial charge is 0.232 e. The number of Topliss-reactive ketones (excluding diaryl/α,β-unsaturated/α-hetero) is 1. The Hall–Kier alpha value is -2.80. The number of ether oxygens (including phenoxy) is 2. The van der Waals surface area contributed by atoms with Gasteiger partial charge in [-0.3, -0.25) is 14.5 Å². The summed E-state index contributed by atoms with van der Waals surface area (Å²) in [6.45, 7) is 0. The molecule has 30 heavy (non-hydrogen) atoms. The van der Waals surface area contributed by atoms with Crippen LogP contribution in [-0.2, 0) is 9.59 Å². The Labute approximate surface area is 183 Å². The molecule has 0 aromatic heterocycles. The highest BCUT2D eigenvalue weighted by molar-refractivity contribution is 9.10. The Kier molecular flexibility index (Phi) is 5.56. The van der Waals surface area contributed by atoms with Crippen LogP contribution >= 0.6 is 15.9 Å². The van der Waals surface area contributed by atoms with Crippen LogP contribution in [0.3, 0.4) is 0 Å². The molecule has 2 aromatic carbocycles. The number of ketones is 1. The molecule has 0 radical (unpaired) electrons. The molecular formula is C23H22BrNO5. The summed E-state index contributed by atoms with van der Waals surface area (Å²) < 4.78 is 11.4. The summed E-state index contributed by atoms with van der Waals surface area (Å²) in [6, 6.07) is 10.9. The van der Waals surface area contributed by atoms with Gasteiger partial charge in [-0.15, -0.1) is 0 Å². The first kappa shape index (κ1) is 20.5. The highest BCUT2D eigenvalue weighted by atomic mass is 79.9. The molecule has 0 spiro atoms. The van der Waals surface area contributed by atoms with Gasteiger partial charge >= 0.3 is 0 Å². The quantitative estimate of drug-likeness (QED) is 0.699. The number of rotatable bonds is 4. The van der Waals surface area contributed by atoms with Crippen molar-refractivity contribution in [2.24, 2.45) is 0 Å². The number of phenols is 1. The average molecular weight is 472 g/mol. The van der Waals surface area contributed by atoms with Crippen LogP contribution < -0.4 is 14.4 Å². The van der Waals surface area contributed by atoms with E-state index in [0.717, 1.165) is 15.9 Å². The Bertz CT molecular complexity index is 1040. The number of hydrogen-bond donors (Lipinski definition) is 1. The van der Waals surface area contributed by atoms with E-state index in [1.807, 2.05) is 24.3 Å². The molecule has 1 aliphatic heterocycles. The Morgan fingerprint density at radius 3 is 2.40 bits per heavy atom. The maximum absolute atomic E-state index is 13.3. The van der Waals surface area contributed by atoms with Gasteiger partial charge in [0.25, 0.3) is 0 Å². The van der Waals surface area contributed by atoms with E-state index in [0.29, 0.717) is 30.4 Å². The van der Waals surface area contributed by atoms with Gasteiger partial charge in [0.2, 0.25) is 11.7 Å². The number of benzene rings is 2. The van der Waals surface area contributed by atoms with Crippen LogP contribution in [0.5, 0.6) is 17.2 Å². The Morgan fingerprint density at radius 1 is 1.07 bits per heavy atom. The van der Waals surface area contributed by atoms with Gasteiger partial charge in [0.1, 0.15) is 0 Å². The van der Waals surface area contributed by atoms with E-state index < -0.39 is 5.92 Å². The zero-order chi connectivity index (χ0) is 21.4. The van der Waals surface area contributed by atoms with Crippen molar-refractivity contribution in [1.82, 2.24) is 0 Å². The van der Waals surface area contributed by atoms with Crippen molar-refractivity contribution in [2.45, 2.75) is 31.6 Å². The van der Waals surface area contributed by atoms with Gasteiger partial charge in [-0.1, -0.05) is 22.0 Å². The SMILES string of the molecule is COc1cc(C2CC(=O)N(c3cccc(Br)c3)C3=C2C(=O)CCC3)cc(OC)c1O. The van der Waals surface area contributed by atoms with Crippen molar-refractivity contribution in [3.05, 3.63) is 57.7 Å². The largest absolute Gasteiger partial charge is 0.502 e. The zero-order valence-electron chi connectivity index (χ0n) is 16.8. The van der Waals surface area contributed by atoms with Crippen molar-refractivity contribution in [1.29, 1.82) is 0 Å². The average Bonchev–Trinajstić information content (AvgIpc) is 2.73. The second-order valence-electron chi connectivity index (χ2n) is 7.38. The minimum Gasteiger partial charge on any atom is -0.502 e. The summed E-state index contributed by atoms with van der Waals surface area (Å²) in [7, 11) is 2.91. The predicted octanol–water partition coefficient (Wildman–Crippen LogP) is 4.70. The summed E-state index contributed by atoms with van der Waals surface area (Å²) in [6.07, 6.45) is 1.98. The number of halogens is 1. The van der Waals surface area contributed by atoms with Gasteiger partial charge < -0.3 is 14.6 Å². The molecule has 1 unspecified atom stereocenters. The van der Waals surface area contributed by atoms with Crippen LogP contribution in [0.15, 0.2) is 52.1 Å². The van der Waals surface area contributed by atoms with Gasteiger partial charge in [-0.25, -0.2) is 0 Å². The normalized spacial score (nSPS) is 19.0. The summed E-state index contributed by atoms with van der Waals surface area (Å²) in [5, 5.41) is 10.3. The van der Waals surface area contributed by atoms with Crippen LogP contribution in [0.1, 0.15) is 37.2 Å². The number of carbonyl (C=O) groups excluding carboxylic acids is 2. The monoisotopic (exact) mass is 471 g/mol. The molecule has 2 aromatic rings. The summed E-state index contributed by atoms with van der Waals surface area (Å²) >= 11 is 3.46. The molecule has 1 N–H and O–H groups in total. The third-order valence-corrected chi connectivity index (χ3v) is 6.14. The second-order valence-corrected chi connectivity index (χ2v) is 8.29. The molecule has 1 amide bonds. The fraction of sp³-hybridized carbons (Fsp3) is 0.304. The maximum atomic E-state index is 13.3. The first-order valence-corrected chi connectivity index (χ1v) is 10.5. The van der Waals surface area contributed by atoms with Gasteiger partial charge in [0.05, 0.1) is 14.2 Å². The predicted molar refractivity (Wildman–Crippen MR) is 116 cm³/mol. The van der Waals surface area contributed by atoms with E-state index in [9.17, 15) is 14.7 Å². The number of anilines is 1. The number of aromatic hydroxyl groups is 1.